The molecule has 0 radical (unpaired) electrons. The molecule has 6 heteroatoms. The molecule has 6 nitrogen and oxygen atoms in total. The Morgan fingerprint density at radius 3 is 2.96 bits per heavy atom. The fraction of sp³-hybridized carbons (Fsp3) is 0.722. The second-order valence-electron chi connectivity index (χ2n) is 7.48. The Balaban J connectivity index is 1.33. The lowest BCUT2D eigenvalue weighted by molar-refractivity contribution is -0.00990. The first kappa shape index (κ1) is 16.0. The van der Waals surface area contributed by atoms with Crippen LogP contribution in [0.4, 0.5) is 4.79 Å². The van der Waals surface area contributed by atoms with Crippen LogP contribution in [0.3, 0.4) is 0 Å². The van der Waals surface area contributed by atoms with Gasteiger partial charge in [0.2, 0.25) is 0 Å². The molecule has 2 heterocycles. The quantitative estimate of drug-likeness (QED) is 0.837. The van der Waals surface area contributed by atoms with E-state index in [1.165, 1.54) is 25.7 Å². The van der Waals surface area contributed by atoms with Crippen LogP contribution >= 0.6 is 0 Å². The number of nitrogens with zero attached hydrogens (tertiary/aromatic N) is 1. The molecular formula is C18H26N2O4. The summed E-state index contributed by atoms with van der Waals surface area (Å²) in [7, 11) is 0. The maximum absolute atomic E-state index is 12.6. The van der Waals surface area contributed by atoms with E-state index in [0.29, 0.717) is 37.4 Å². The highest BCUT2D eigenvalue weighted by molar-refractivity contribution is 5.74. The standard InChI is InChI=1S/C18H26N2O4/c21-15(16-2-1-8-24-16)10-14-11-23-9-7-20(14)17(22)19-12-18(5-6-18)13-3-4-13/h1-2,8,13-15,21H,3-7,9-12H2,(H,19,22)/t14-,15+/m1/s1. The Morgan fingerprint density at radius 1 is 1.46 bits per heavy atom. The van der Waals surface area contributed by atoms with Gasteiger partial charge in [-0.05, 0) is 49.1 Å². The molecular weight excluding hydrogens is 308 g/mol. The Labute approximate surface area is 142 Å². The van der Waals surface area contributed by atoms with E-state index in [4.69, 9.17) is 9.15 Å². The van der Waals surface area contributed by atoms with Crippen molar-refractivity contribution in [3.63, 3.8) is 0 Å². The molecule has 132 valence electrons. The van der Waals surface area contributed by atoms with Crippen molar-refractivity contribution in [1.82, 2.24) is 10.2 Å². The number of amides is 2. The van der Waals surface area contributed by atoms with E-state index in [0.717, 1.165) is 12.5 Å². The summed E-state index contributed by atoms with van der Waals surface area (Å²) < 4.78 is 10.8. The topological polar surface area (TPSA) is 74.9 Å². The van der Waals surface area contributed by atoms with E-state index in [2.05, 4.69) is 5.32 Å². The first-order chi connectivity index (χ1) is 11.7. The van der Waals surface area contributed by atoms with Gasteiger partial charge in [0.1, 0.15) is 11.9 Å². The molecule has 1 saturated heterocycles. The van der Waals surface area contributed by atoms with Crippen molar-refractivity contribution in [1.29, 1.82) is 0 Å². The van der Waals surface area contributed by atoms with Crippen LogP contribution < -0.4 is 5.32 Å². The summed E-state index contributed by atoms with van der Waals surface area (Å²) in [5, 5.41) is 13.4. The summed E-state index contributed by atoms with van der Waals surface area (Å²) in [4.78, 5) is 14.5. The summed E-state index contributed by atoms with van der Waals surface area (Å²) in [6.45, 7) is 2.37. The predicted octanol–water partition coefficient (Wildman–Crippen LogP) is 2.30. The number of carbonyl (C=O) groups is 1. The molecule has 2 amide bonds. The van der Waals surface area contributed by atoms with E-state index in [9.17, 15) is 9.90 Å². The second-order valence-corrected chi connectivity index (χ2v) is 7.48. The van der Waals surface area contributed by atoms with Crippen molar-refractivity contribution < 1.29 is 19.1 Å². The van der Waals surface area contributed by atoms with Gasteiger partial charge in [-0.25, -0.2) is 4.79 Å². The predicted molar refractivity (Wildman–Crippen MR) is 87.4 cm³/mol. The highest BCUT2D eigenvalue weighted by atomic mass is 16.5. The maximum atomic E-state index is 12.6. The lowest BCUT2D eigenvalue weighted by atomic mass is 10.0. The van der Waals surface area contributed by atoms with Crippen LogP contribution in [0.1, 0.15) is 44.0 Å². The van der Waals surface area contributed by atoms with Crippen LogP contribution in [-0.2, 0) is 4.74 Å². The third-order valence-corrected chi connectivity index (χ3v) is 5.78. The van der Waals surface area contributed by atoms with Crippen LogP contribution in [0, 0.1) is 11.3 Å². The van der Waals surface area contributed by atoms with E-state index >= 15 is 0 Å². The van der Waals surface area contributed by atoms with Gasteiger partial charge in [0.25, 0.3) is 0 Å². The highest BCUT2D eigenvalue weighted by Gasteiger charge is 2.53. The van der Waals surface area contributed by atoms with Crippen LogP contribution in [-0.4, -0.2) is 48.4 Å². The Hall–Kier alpha value is -1.53. The smallest absolute Gasteiger partial charge is 0.317 e. The van der Waals surface area contributed by atoms with Crippen LogP contribution in [0.2, 0.25) is 0 Å². The molecule has 1 aromatic heterocycles. The van der Waals surface area contributed by atoms with Crippen LogP contribution in [0.25, 0.3) is 0 Å². The molecule has 2 saturated carbocycles. The molecule has 3 aliphatic rings. The molecule has 2 aliphatic carbocycles. The number of hydrogen-bond acceptors (Lipinski definition) is 4. The number of hydrogen-bond donors (Lipinski definition) is 2. The zero-order valence-electron chi connectivity index (χ0n) is 13.9. The van der Waals surface area contributed by atoms with Gasteiger partial charge in [0, 0.05) is 19.5 Å². The molecule has 0 spiro atoms. The number of aliphatic hydroxyl groups is 1. The van der Waals surface area contributed by atoms with Gasteiger partial charge in [-0.1, -0.05) is 0 Å². The lowest BCUT2D eigenvalue weighted by Crippen LogP contribution is -2.53. The molecule has 0 unspecified atom stereocenters. The van der Waals surface area contributed by atoms with Gasteiger partial charge in [-0.2, -0.15) is 0 Å². The van der Waals surface area contributed by atoms with Crippen LogP contribution in [0.5, 0.6) is 0 Å². The number of morpholine rings is 1. The molecule has 2 N–H and O–H groups in total. The number of nitrogens with one attached hydrogen (secondary N) is 1. The third-order valence-electron chi connectivity index (χ3n) is 5.78. The van der Waals surface area contributed by atoms with Crippen molar-refractivity contribution in [2.45, 2.75) is 44.2 Å². The number of aliphatic hydroxyl groups excluding tert-OH is 1. The first-order valence-electron chi connectivity index (χ1n) is 9.02. The van der Waals surface area contributed by atoms with Crippen molar-refractivity contribution in [3.05, 3.63) is 24.2 Å². The number of furan rings is 1. The molecule has 0 aromatic carbocycles. The van der Waals surface area contributed by atoms with Gasteiger partial charge in [0.15, 0.2) is 0 Å². The van der Waals surface area contributed by atoms with Crippen molar-refractivity contribution >= 4 is 6.03 Å². The fourth-order valence-electron chi connectivity index (χ4n) is 3.91. The lowest BCUT2D eigenvalue weighted by Gasteiger charge is -2.36. The minimum absolute atomic E-state index is 0.0260. The first-order valence-corrected chi connectivity index (χ1v) is 9.02. The monoisotopic (exact) mass is 334 g/mol. The van der Waals surface area contributed by atoms with Gasteiger partial charge in [-0.15, -0.1) is 0 Å². The summed E-state index contributed by atoms with van der Waals surface area (Å²) in [6.07, 6.45) is 6.41. The summed E-state index contributed by atoms with van der Waals surface area (Å²) >= 11 is 0. The molecule has 0 bridgehead atoms. The van der Waals surface area contributed by atoms with Gasteiger partial charge < -0.3 is 24.5 Å². The molecule has 3 fully saturated rings. The molecule has 24 heavy (non-hydrogen) atoms. The van der Waals surface area contributed by atoms with E-state index in [1.807, 2.05) is 4.90 Å². The Morgan fingerprint density at radius 2 is 2.29 bits per heavy atom. The fourth-order valence-corrected chi connectivity index (χ4v) is 3.91. The third kappa shape index (κ3) is 3.30. The van der Waals surface area contributed by atoms with E-state index < -0.39 is 6.10 Å². The molecule has 1 aromatic rings. The average Bonchev–Trinajstić information content (AvgIpc) is 3.51. The second kappa shape index (κ2) is 6.41. The van der Waals surface area contributed by atoms with Crippen molar-refractivity contribution in [3.8, 4) is 0 Å². The zero-order chi connectivity index (χ0) is 16.6. The van der Waals surface area contributed by atoms with Gasteiger partial charge >= 0.3 is 6.03 Å². The molecule has 4 rings (SSSR count). The molecule has 2 atom stereocenters. The Kier molecular flexibility index (Phi) is 4.26. The largest absolute Gasteiger partial charge is 0.467 e. The number of carbonyl (C=O) groups excluding carboxylic acids is 1. The van der Waals surface area contributed by atoms with Crippen LogP contribution in [0.15, 0.2) is 22.8 Å². The highest BCUT2D eigenvalue weighted by Crippen LogP contribution is 2.60. The summed E-state index contributed by atoms with van der Waals surface area (Å²) in [6, 6.07) is 3.36. The minimum Gasteiger partial charge on any atom is -0.467 e. The van der Waals surface area contributed by atoms with Crippen molar-refractivity contribution in [2.75, 3.05) is 26.3 Å². The van der Waals surface area contributed by atoms with E-state index in [1.54, 1.807) is 18.4 Å². The number of rotatable bonds is 6. The minimum atomic E-state index is -0.719. The Bertz CT molecular complexity index is 566. The summed E-state index contributed by atoms with van der Waals surface area (Å²) in [5.41, 5.74) is 0.394. The number of ether oxygens (including phenoxy) is 1. The molecule has 1 aliphatic heterocycles. The zero-order valence-corrected chi connectivity index (χ0v) is 13.9. The average molecular weight is 334 g/mol. The SMILES string of the molecule is O=C(NCC1(C2CC2)CC1)N1CCOC[C@H]1C[C@H](O)c1ccco1. The maximum Gasteiger partial charge on any atom is 0.317 e. The normalized spacial score (nSPS) is 26.9. The summed E-state index contributed by atoms with van der Waals surface area (Å²) in [5.74, 6) is 1.37. The number of urea groups is 1. The van der Waals surface area contributed by atoms with Crippen molar-refractivity contribution in [2.24, 2.45) is 11.3 Å². The van der Waals surface area contributed by atoms with Gasteiger partial charge in [-0.3, -0.25) is 0 Å². The van der Waals surface area contributed by atoms with Gasteiger partial charge in [0.05, 0.1) is 25.5 Å². The van der Waals surface area contributed by atoms with E-state index in [-0.39, 0.29) is 12.1 Å².